The van der Waals surface area contributed by atoms with Crippen molar-refractivity contribution in [3.8, 4) is 5.75 Å². The highest BCUT2D eigenvalue weighted by Crippen LogP contribution is 2.31. The Hall–Kier alpha value is -3.31. The van der Waals surface area contributed by atoms with E-state index in [1.54, 1.807) is 29.8 Å². The number of ether oxygens (including phenoxy) is 1. The van der Waals surface area contributed by atoms with Crippen molar-refractivity contribution in [1.29, 1.82) is 0 Å². The van der Waals surface area contributed by atoms with Gasteiger partial charge in [-0.15, -0.1) is 0 Å². The lowest BCUT2D eigenvalue weighted by Crippen LogP contribution is -2.44. The lowest BCUT2D eigenvalue weighted by Gasteiger charge is -2.31. The maximum Gasteiger partial charge on any atom is 0.330 e. The molecule has 37 heavy (non-hydrogen) atoms. The normalized spacial score (nSPS) is 18.5. The van der Waals surface area contributed by atoms with Crippen molar-refractivity contribution in [1.82, 2.24) is 29.4 Å². The number of aromatic nitrogens is 5. The lowest BCUT2D eigenvalue weighted by molar-refractivity contribution is -0.0413. The number of halogens is 3. The smallest absolute Gasteiger partial charge is 0.330 e. The highest BCUT2D eigenvalue weighted by Gasteiger charge is 2.33. The summed E-state index contributed by atoms with van der Waals surface area (Å²) in [6.45, 7) is 0.583. The van der Waals surface area contributed by atoms with Gasteiger partial charge < -0.3 is 15.8 Å². The monoisotopic (exact) mass is 531 g/mol. The van der Waals surface area contributed by atoms with Gasteiger partial charge in [-0.3, -0.25) is 14.1 Å². The fourth-order valence-corrected chi connectivity index (χ4v) is 5.05. The molecule has 5 rings (SSSR count). The fourth-order valence-electron chi connectivity index (χ4n) is 4.92. The van der Waals surface area contributed by atoms with E-state index in [1.807, 2.05) is 6.92 Å². The van der Waals surface area contributed by atoms with Crippen molar-refractivity contribution in [2.75, 3.05) is 18.9 Å². The molecule has 4 aromatic rings. The van der Waals surface area contributed by atoms with Crippen LogP contribution in [0, 0.1) is 6.92 Å². The summed E-state index contributed by atoms with van der Waals surface area (Å²) in [5.74, 6) is -2.76. The van der Waals surface area contributed by atoms with Crippen molar-refractivity contribution in [3.63, 3.8) is 0 Å². The molecule has 9 nitrogen and oxygen atoms in total. The minimum Gasteiger partial charge on any atom is -0.486 e. The average molecular weight is 532 g/mol. The SMILES string of the molecule is Cc1cc2nccc(OCC(F)(F)CNC3CCC(n4c(=O)n(C)c5cnc(Cl)nc54)CC3)c2cc1N. The van der Waals surface area contributed by atoms with Gasteiger partial charge in [0, 0.05) is 36.4 Å². The summed E-state index contributed by atoms with van der Waals surface area (Å²) in [4.78, 5) is 25.3. The molecule has 3 aromatic heterocycles. The Morgan fingerprint density at radius 1 is 1.24 bits per heavy atom. The number of rotatable bonds is 7. The zero-order valence-corrected chi connectivity index (χ0v) is 21.3. The Bertz CT molecular complexity index is 1510. The summed E-state index contributed by atoms with van der Waals surface area (Å²) in [7, 11) is 1.67. The van der Waals surface area contributed by atoms with Gasteiger partial charge in [0.05, 0.1) is 18.3 Å². The molecule has 0 amide bonds. The zero-order valence-electron chi connectivity index (χ0n) is 20.5. The molecule has 0 radical (unpaired) electrons. The molecule has 3 N–H and O–H groups in total. The van der Waals surface area contributed by atoms with Crippen LogP contribution in [0.25, 0.3) is 22.1 Å². The summed E-state index contributed by atoms with van der Waals surface area (Å²) in [6, 6.07) is 4.90. The molecular weight excluding hydrogens is 504 g/mol. The number of nitrogens with two attached hydrogens (primary N) is 1. The number of hydrogen-bond acceptors (Lipinski definition) is 7. The molecule has 0 spiro atoms. The van der Waals surface area contributed by atoms with Crippen LogP contribution in [-0.2, 0) is 7.05 Å². The van der Waals surface area contributed by atoms with E-state index in [0.29, 0.717) is 59.2 Å². The lowest BCUT2D eigenvalue weighted by atomic mass is 9.91. The molecule has 1 saturated carbocycles. The van der Waals surface area contributed by atoms with Crippen LogP contribution < -0.4 is 21.5 Å². The third-order valence-corrected chi connectivity index (χ3v) is 7.22. The number of fused-ring (bicyclic) bond motifs is 2. The van der Waals surface area contributed by atoms with Crippen LogP contribution in [0.1, 0.15) is 37.3 Å². The van der Waals surface area contributed by atoms with E-state index in [-0.39, 0.29) is 23.1 Å². The number of nitrogens with one attached hydrogen (secondary N) is 1. The van der Waals surface area contributed by atoms with Crippen LogP contribution in [-0.4, -0.2) is 49.2 Å². The number of benzene rings is 1. The molecule has 0 saturated heterocycles. The maximum atomic E-state index is 14.7. The quantitative estimate of drug-likeness (QED) is 0.273. The molecule has 1 fully saturated rings. The largest absolute Gasteiger partial charge is 0.486 e. The number of imidazole rings is 1. The summed E-state index contributed by atoms with van der Waals surface area (Å²) in [5, 5.41) is 3.66. The Balaban J connectivity index is 1.18. The van der Waals surface area contributed by atoms with Gasteiger partial charge in [-0.1, -0.05) is 0 Å². The van der Waals surface area contributed by atoms with Crippen molar-refractivity contribution in [2.45, 2.75) is 50.6 Å². The van der Waals surface area contributed by atoms with Crippen LogP contribution in [0.3, 0.4) is 0 Å². The van der Waals surface area contributed by atoms with Crippen molar-refractivity contribution in [3.05, 3.63) is 51.9 Å². The molecule has 1 aliphatic carbocycles. The molecule has 0 atom stereocenters. The first-order valence-corrected chi connectivity index (χ1v) is 12.5. The molecule has 0 bridgehead atoms. The second-order valence-corrected chi connectivity index (χ2v) is 9.96. The Morgan fingerprint density at radius 2 is 2.00 bits per heavy atom. The van der Waals surface area contributed by atoms with Gasteiger partial charge in [0.15, 0.2) is 12.3 Å². The molecule has 3 heterocycles. The predicted octanol–water partition coefficient (Wildman–Crippen LogP) is 4.01. The van der Waals surface area contributed by atoms with Gasteiger partial charge in [0.1, 0.15) is 11.3 Å². The minimum atomic E-state index is -3.08. The van der Waals surface area contributed by atoms with Gasteiger partial charge in [-0.2, -0.15) is 4.98 Å². The minimum absolute atomic E-state index is 0.0741. The third kappa shape index (κ3) is 5.10. The Morgan fingerprint density at radius 3 is 2.76 bits per heavy atom. The molecule has 196 valence electrons. The summed E-state index contributed by atoms with van der Waals surface area (Å²) in [5.41, 5.74) is 8.95. The first-order chi connectivity index (χ1) is 17.6. The van der Waals surface area contributed by atoms with E-state index in [4.69, 9.17) is 22.1 Å². The van der Waals surface area contributed by atoms with Gasteiger partial charge in [0.25, 0.3) is 5.92 Å². The highest BCUT2D eigenvalue weighted by molar-refractivity contribution is 6.28. The van der Waals surface area contributed by atoms with E-state index in [2.05, 4.69) is 20.3 Å². The van der Waals surface area contributed by atoms with Gasteiger partial charge in [-0.05, 0) is 68.0 Å². The second-order valence-electron chi connectivity index (χ2n) is 9.63. The Labute approximate surface area is 216 Å². The molecule has 1 aromatic carbocycles. The van der Waals surface area contributed by atoms with Crippen molar-refractivity contribution >= 4 is 39.4 Å². The van der Waals surface area contributed by atoms with Crippen molar-refractivity contribution in [2.24, 2.45) is 7.05 Å². The van der Waals surface area contributed by atoms with Crippen molar-refractivity contribution < 1.29 is 13.5 Å². The number of pyridine rings is 1. The van der Waals surface area contributed by atoms with Crippen LogP contribution in [0.2, 0.25) is 5.28 Å². The zero-order chi connectivity index (χ0) is 26.3. The second kappa shape index (κ2) is 9.86. The summed E-state index contributed by atoms with van der Waals surface area (Å²) < 4.78 is 38.1. The van der Waals surface area contributed by atoms with Gasteiger partial charge in [0.2, 0.25) is 5.28 Å². The molecular formula is C25H28ClF2N7O2. The number of alkyl halides is 2. The number of hydrogen-bond donors (Lipinski definition) is 2. The van der Waals surface area contributed by atoms with E-state index in [0.717, 1.165) is 5.56 Å². The number of nitrogens with zero attached hydrogens (tertiary/aromatic N) is 5. The maximum absolute atomic E-state index is 14.7. The molecule has 0 aliphatic heterocycles. The molecule has 12 heteroatoms. The van der Waals surface area contributed by atoms with E-state index in [1.165, 1.54) is 17.0 Å². The number of nitrogen functional groups attached to an aromatic ring is 1. The Kier molecular flexibility index (Phi) is 6.76. The predicted molar refractivity (Wildman–Crippen MR) is 138 cm³/mol. The van der Waals surface area contributed by atoms with Crippen LogP contribution >= 0.6 is 11.6 Å². The van der Waals surface area contributed by atoms with E-state index in [9.17, 15) is 13.6 Å². The third-order valence-electron chi connectivity index (χ3n) is 7.04. The number of anilines is 1. The first kappa shape index (κ1) is 25.3. The van der Waals surface area contributed by atoms with E-state index >= 15 is 0 Å². The highest BCUT2D eigenvalue weighted by atomic mass is 35.5. The number of aryl methyl sites for hydroxylation is 2. The van der Waals surface area contributed by atoms with Gasteiger partial charge in [-0.25, -0.2) is 18.6 Å². The van der Waals surface area contributed by atoms with Crippen LogP contribution in [0.5, 0.6) is 5.75 Å². The van der Waals surface area contributed by atoms with E-state index < -0.39 is 19.1 Å². The molecule has 1 aliphatic rings. The topological polar surface area (TPSA) is 113 Å². The average Bonchev–Trinajstić information content (AvgIpc) is 3.11. The standard InChI is InChI=1S/C25H28ClF2N7O2/c1-14-9-19-17(10-18(14)29)21(7-8-30-19)37-13-25(27,28)12-32-15-3-5-16(6-4-15)35-22-20(34(2)24(35)36)11-31-23(26)33-22/h7-11,15-16,32H,3-6,12-13,29H2,1-2H3. The van der Waals surface area contributed by atoms with Gasteiger partial charge >= 0.3 is 5.69 Å². The first-order valence-electron chi connectivity index (χ1n) is 12.1. The molecule has 0 unspecified atom stereocenters. The van der Waals surface area contributed by atoms with Crippen LogP contribution in [0.4, 0.5) is 14.5 Å². The fraction of sp³-hybridized carbons (Fsp3) is 0.440. The summed E-state index contributed by atoms with van der Waals surface area (Å²) in [6.07, 6.45) is 5.68. The van der Waals surface area contributed by atoms with Crippen LogP contribution in [0.15, 0.2) is 35.4 Å². The summed E-state index contributed by atoms with van der Waals surface area (Å²) >= 11 is 5.96.